The van der Waals surface area contributed by atoms with Crippen molar-refractivity contribution in [2.45, 2.75) is 35.0 Å². The number of aliphatic hydroxyl groups is 2. The van der Waals surface area contributed by atoms with Crippen LogP contribution in [-0.4, -0.2) is 54.4 Å². The maximum absolute atomic E-state index is 10.7. The van der Waals surface area contributed by atoms with Crippen LogP contribution in [-0.2, 0) is 4.74 Å². The zero-order chi connectivity index (χ0) is 21.3. The standard InChI is InChI=1S/C18H15Cl2N5O3S2/c19-10-2-1-9(5-21)14(3-10)30-16-4-12(17(27)13(7-26)28-16)25-6-11(23-24-25)18-22-15(20)8-29-18/h1-3,6,8,12-13,16-17,26-27H,4,7H2/t12-,13?,16-,17?/m1/s1. The van der Waals surface area contributed by atoms with Crippen molar-refractivity contribution in [1.29, 1.82) is 5.26 Å². The lowest BCUT2D eigenvalue weighted by Gasteiger charge is -2.38. The molecule has 1 saturated heterocycles. The molecule has 12 heteroatoms. The smallest absolute Gasteiger partial charge is 0.147 e. The van der Waals surface area contributed by atoms with Gasteiger partial charge >= 0.3 is 0 Å². The van der Waals surface area contributed by atoms with Crippen molar-refractivity contribution in [3.05, 3.63) is 45.5 Å². The normalized spacial score (nSPS) is 24.0. The second-order valence-electron chi connectivity index (χ2n) is 6.51. The quantitative estimate of drug-likeness (QED) is 0.566. The lowest BCUT2D eigenvalue weighted by Crippen LogP contribution is -2.47. The molecule has 1 aromatic carbocycles. The van der Waals surface area contributed by atoms with Crippen molar-refractivity contribution in [2.75, 3.05) is 6.61 Å². The van der Waals surface area contributed by atoms with Crippen LogP contribution in [0.25, 0.3) is 10.7 Å². The van der Waals surface area contributed by atoms with Crippen LogP contribution in [0, 0.1) is 11.3 Å². The van der Waals surface area contributed by atoms with Crippen molar-refractivity contribution in [1.82, 2.24) is 20.0 Å². The van der Waals surface area contributed by atoms with Crippen LogP contribution in [0.5, 0.6) is 0 Å². The topological polar surface area (TPSA) is 117 Å². The van der Waals surface area contributed by atoms with E-state index in [-0.39, 0.29) is 6.61 Å². The Hall–Kier alpha value is -1.71. The van der Waals surface area contributed by atoms with Crippen molar-refractivity contribution in [3.8, 4) is 16.8 Å². The lowest BCUT2D eigenvalue weighted by atomic mass is 10.00. The third kappa shape index (κ3) is 4.48. The molecule has 1 fully saturated rings. The molecule has 4 rings (SSSR count). The van der Waals surface area contributed by atoms with Gasteiger partial charge in [0, 0.05) is 21.7 Å². The Morgan fingerprint density at radius 1 is 1.40 bits per heavy atom. The molecule has 3 aromatic rings. The van der Waals surface area contributed by atoms with Crippen molar-refractivity contribution in [3.63, 3.8) is 0 Å². The molecule has 0 spiro atoms. The highest BCUT2D eigenvalue weighted by atomic mass is 35.5. The van der Waals surface area contributed by atoms with E-state index >= 15 is 0 Å². The van der Waals surface area contributed by atoms with Gasteiger partial charge in [0.25, 0.3) is 0 Å². The Kier molecular flexibility index (Phi) is 6.60. The van der Waals surface area contributed by atoms with Crippen LogP contribution in [0.15, 0.2) is 34.7 Å². The fourth-order valence-corrected chi connectivity index (χ4v) is 5.49. The van der Waals surface area contributed by atoms with E-state index in [4.69, 9.17) is 27.9 Å². The molecule has 0 aliphatic carbocycles. The van der Waals surface area contributed by atoms with E-state index in [0.29, 0.717) is 37.8 Å². The third-order valence-electron chi connectivity index (χ3n) is 4.58. The van der Waals surface area contributed by atoms with Gasteiger partial charge in [0.05, 0.1) is 24.4 Å². The zero-order valence-electron chi connectivity index (χ0n) is 15.2. The van der Waals surface area contributed by atoms with Crippen molar-refractivity contribution in [2.24, 2.45) is 0 Å². The molecule has 2 aromatic heterocycles. The number of benzene rings is 1. The van der Waals surface area contributed by atoms with Gasteiger partial charge in [0.1, 0.15) is 39.6 Å². The first-order valence-electron chi connectivity index (χ1n) is 8.82. The summed E-state index contributed by atoms with van der Waals surface area (Å²) in [5, 5.41) is 41.2. The molecule has 3 heterocycles. The van der Waals surface area contributed by atoms with E-state index in [0.717, 1.165) is 0 Å². The molecule has 1 aliphatic rings. The van der Waals surface area contributed by atoms with Gasteiger partial charge in [-0.2, -0.15) is 5.26 Å². The van der Waals surface area contributed by atoms with Gasteiger partial charge in [0.2, 0.25) is 0 Å². The lowest BCUT2D eigenvalue weighted by molar-refractivity contribution is -0.130. The number of ether oxygens (including phenoxy) is 1. The maximum Gasteiger partial charge on any atom is 0.147 e. The minimum Gasteiger partial charge on any atom is -0.394 e. The van der Waals surface area contributed by atoms with E-state index in [9.17, 15) is 15.5 Å². The minimum absolute atomic E-state index is 0.362. The molecule has 0 bridgehead atoms. The highest BCUT2D eigenvalue weighted by molar-refractivity contribution is 7.99. The molecule has 0 radical (unpaired) electrons. The molecule has 8 nitrogen and oxygen atoms in total. The predicted molar refractivity (Wildman–Crippen MR) is 114 cm³/mol. The Bertz CT molecular complexity index is 1090. The molecule has 2 unspecified atom stereocenters. The van der Waals surface area contributed by atoms with Crippen molar-refractivity contribution < 1.29 is 14.9 Å². The van der Waals surface area contributed by atoms with Crippen LogP contribution in [0.4, 0.5) is 0 Å². The van der Waals surface area contributed by atoms with Crippen LogP contribution in [0.2, 0.25) is 10.2 Å². The number of thioether (sulfide) groups is 1. The van der Waals surface area contributed by atoms with Gasteiger partial charge in [0.15, 0.2) is 0 Å². The van der Waals surface area contributed by atoms with Crippen LogP contribution < -0.4 is 0 Å². The molecular weight excluding hydrogens is 469 g/mol. The Morgan fingerprint density at radius 2 is 2.23 bits per heavy atom. The van der Waals surface area contributed by atoms with Gasteiger partial charge < -0.3 is 14.9 Å². The zero-order valence-corrected chi connectivity index (χ0v) is 18.4. The third-order valence-corrected chi connectivity index (χ3v) is 7.16. The highest BCUT2D eigenvalue weighted by Gasteiger charge is 2.39. The van der Waals surface area contributed by atoms with Gasteiger partial charge in [-0.25, -0.2) is 9.67 Å². The number of hydrogen-bond acceptors (Lipinski definition) is 9. The van der Waals surface area contributed by atoms with Gasteiger partial charge in [-0.05, 0) is 18.2 Å². The maximum atomic E-state index is 10.7. The minimum atomic E-state index is -0.990. The first-order chi connectivity index (χ1) is 14.5. The summed E-state index contributed by atoms with van der Waals surface area (Å²) >= 11 is 14.6. The highest BCUT2D eigenvalue weighted by Crippen LogP contribution is 2.39. The summed E-state index contributed by atoms with van der Waals surface area (Å²) < 4.78 is 7.41. The second-order valence-corrected chi connectivity index (χ2v) is 9.39. The number of rotatable bonds is 5. The summed E-state index contributed by atoms with van der Waals surface area (Å²) in [5.41, 5.74) is 0.569. The summed E-state index contributed by atoms with van der Waals surface area (Å²) in [6.45, 7) is -0.362. The summed E-state index contributed by atoms with van der Waals surface area (Å²) in [5.74, 6) is 0. The van der Waals surface area contributed by atoms with E-state index in [2.05, 4.69) is 21.4 Å². The predicted octanol–water partition coefficient (Wildman–Crippen LogP) is 3.38. The molecule has 2 N–H and O–H groups in total. The molecule has 156 valence electrons. The average molecular weight is 484 g/mol. The average Bonchev–Trinajstić information content (AvgIpc) is 3.38. The molecule has 30 heavy (non-hydrogen) atoms. The van der Waals surface area contributed by atoms with Gasteiger partial charge in [-0.3, -0.25) is 0 Å². The summed E-state index contributed by atoms with van der Waals surface area (Å²) in [7, 11) is 0. The molecular formula is C18H15Cl2N5O3S2. The van der Waals surface area contributed by atoms with E-state index < -0.39 is 23.7 Å². The number of thiazole rings is 1. The number of aliphatic hydroxyl groups excluding tert-OH is 2. The van der Waals surface area contributed by atoms with Gasteiger partial charge in [-0.1, -0.05) is 40.2 Å². The Morgan fingerprint density at radius 3 is 2.93 bits per heavy atom. The molecule has 4 atom stereocenters. The van der Waals surface area contributed by atoms with E-state index in [1.807, 2.05) is 0 Å². The summed E-state index contributed by atoms with van der Waals surface area (Å²) in [4.78, 5) is 4.85. The number of halogens is 2. The van der Waals surface area contributed by atoms with Crippen molar-refractivity contribution >= 4 is 46.3 Å². The monoisotopic (exact) mass is 483 g/mol. The number of hydrogen-bond donors (Lipinski definition) is 2. The first-order valence-corrected chi connectivity index (χ1v) is 11.3. The Labute approximate surface area is 190 Å². The fourth-order valence-electron chi connectivity index (χ4n) is 3.14. The first kappa shape index (κ1) is 21.5. The summed E-state index contributed by atoms with van der Waals surface area (Å²) in [6.07, 6.45) is 0.259. The SMILES string of the molecule is N#Cc1ccc(Cl)cc1S[C@@H]1C[C@@H](n2cc(-c3nc(Cl)cs3)nn2)C(O)C(CO)O1. The van der Waals surface area contributed by atoms with Crippen LogP contribution >= 0.6 is 46.3 Å². The molecule has 1 aliphatic heterocycles. The number of nitrogens with zero attached hydrogens (tertiary/aromatic N) is 5. The second kappa shape index (κ2) is 9.20. The largest absolute Gasteiger partial charge is 0.394 e. The van der Waals surface area contributed by atoms with Crippen LogP contribution in [0.1, 0.15) is 18.0 Å². The number of nitriles is 1. The van der Waals surface area contributed by atoms with Crippen LogP contribution in [0.3, 0.4) is 0 Å². The molecule has 0 saturated carbocycles. The Balaban J connectivity index is 1.58. The van der Waals surface area contributed by atoms with Gasteiger partial charge in [-0.15, -0.1) is 16.4 Å². The number of aromatic nitrogens is 4. The molecule has 0 amide bonds. The fraction of sp³-hybridized carbons (Fsp3) is 0.333. The van der Waals surface area contributed by atoms with E-state index in [1.54, 1.807) is 34.5 Å². The summed E-state index contributed by atoms with van der Waals surface area (Å²) in [6, 6.07) is 6.63. The van der Waals surface area contributed by atoms with E-state index in [1.165, 1.54) is 23.1 Å².